The van der Waals surface area contributed by atoms with Crippen LogP contribution in [0.3, 0.4) is 0 Å². The maximum Gasteiger partial charge on any atom is 0.0579 e. The Labute approximate surface area is 133 Å². The number of nitrogens with one attached hydrogen (secondary N) is 1. The fourth-order valence-electron chi connectivity index (χ4n) is 2.77. The van der Waals surface area contributed by atoms with E-state index in [9.17, 15) is 0 Å². The lowest BCUT2D eigenvalue weighted by atomic mass is 9.93. The molecule has 0 spiro atoms. The summed E-state index contributed by atoms with van der Waals surface area (Å²) in [6, 6.07) is 15.2. The molecule has 0 amide bonds. The Bertz CT molecular complexity index is 592. The molecular formula is C19H24ClN. The fourth-order valence-corrected chi connectivity index (χ4v) is 2.95. The predicted octanol–water partition coefficient (Wildman–Crippen LogP) is 5.30. The van der Waals surface area contributed by atoms with Gasteiger partial charge in [0.25, 0.3) is 0 Å². The van der Waals surface area contributed by atoms with E-state index in [4.69, 9.17) is 11.6 Å². The molecule has 0 aromatic heterocycles. The number of hydrogen-bond donors (Lipinski definition) is 1. The van der Waals surface area contributed by atoms with E-state index in [0.717, 1.165) is 23.6 Å². The second kappa shape index (κ2) is 7.63. The molecule has 0 radical (unpaired) electrons. The van der Waals surface area contributed by atoms with Crippen LogP contribution < -0.4 is 5.32 Å². The van der Waals surface area contributed by atoms with Gasteiger partial charge in [-0.1, -0.05) is 68.3 Å². The highest BCUT2D eigenvalue weighted by Crippen LogP contribution is 2.29. The van der Waals surface area contributed by atoms with Crippen LogP contribution >= 0.6 is 11.6 Å². The largest absolute Gasteiger partial charge is 0.307 e. The summed E-state index contributed by atoms with van der Waals surface area (Å²) in [6.45, 7) is 7.38. The normalized spacial score (nSPS) is 12.4. The van der Waals surface area contributed by atoms with Gasteiger partial charge in [0, 0.05) is 5.02 Å². The number of benzene rings is 2. The zero-order chi connectivity index (χ0) is 15.2. The van der Waals surface area contributed by atoms with Crippen molar-refractivity contribution in [1.82, 2.24) is 5.32 Å². The van der Waals surface area contributed by atoms with E-state index >= 15 is 0 Å². The van der Waals surface area contributed by atoms with Crippen LogP contribution in [0.15, 0.2) is 42.5 Å². The lowest BCUT2D eigenvalue weighted by Crippen LogP contribution is -2.23. The summed E-state index contributed by atoms with van der Waals surface area (Å²) < 4.78 is 0. The molecule has 1 atom stereocenters. The molecule has 112 valence electrons. The van der Waals surface area contributed by atoms with Crippen molar-refractivity contribution < 1.29 is 0 Å². The topological polar surface area (TPSA) is 12.0 Å². The van der Waals surface area contributed by atoms with Crippen molar-refractivity contribution in [3.63, 3.8) is 0 Å². The molecule has 0 saturated heterocycles. The Balaban J connectivity index is 2.43. The molecule has 1 N–H and O–H groups in total. The number of halogens is 1. The van der Waals surface area contributed by atoms with Crippen molar-refractivity contribution in [2.45, 2.75) is 39.7 Å². The molecule has 2 aromatic rings. The van der Waals surface area contributed by atoms with Gasteiger partial charge in [-0.05, 0) is 48.2 Å². The Morgan fingerprint density at radius 3 is 2.57 bits per heavy atom. The molecule has 0 bridgehead atoms. The molecule has 1 nitrogen and oxygen atoms in total. The summed E-state index contributed by atoms with van der Waals surface area (Å²) in [5.74, 6) is 0. The lowest BCUT2D eigenvalue weighted by Gasteiger charge is -2.22. The zero-order valence-electron chi connectivity index (χ0n) is 13.1. The van der Waals surface area contributed by atoms with Crippen molar-refractivity contribution >= 4 is 11.6 Å². The Kier molecular flexibility index (Phi) is 5.84. The van der Waals surface area contributed by atoms with E-state index in [1.54, 1.807) is 0 Å². The van der Waals surface area contributed by atoms with Crippen LogP contribution in [-0.2, 0) is 6.42 Å². The first-order valence-electron chi connectivity index (χ1n) is 7.74. The molecule has 21 heavy (non-hydrogen) atoms. The van der Waals surface area contributed by atoms with Crippen LogP contribution in [0, 0.1) is 6.92 Å². The van der Waals surface area contributed by atoms with Crippen LogP contribution in [0.5, 0.6) is 0 Å². The van der Waals surface area contributed by atoms with Crippen molar-refractivity contribution in [1.29, 1.82) is 0 Å². The van der Waals surface area contributed by atoms with Crippen LogP contribution in [-0.4, -0.2) is 6.54 Å². The van der Waals surface area contributed by atoms with E-state index in [1.165, 1.54) is 23.1 Å². The van der Waals surface area contributed by atoms with E-state index in [-0.39, 0.29) is 6.04 Å². The zero-order valence-corrected chi connectivity index (χ0v) is 13.9. The first kappa shape index (κ1) is 16.1. The molecule has 0 aliphatic rings. The van der Waals surface area contributed by atoms with Crippen LogP contribution in [0.25, 0.3) is 0 Å². The molecule has 0 aliphatic heterocycles. The average molecular weight is 302 g/mol. The first-order valence-corrected chi connectivity index (χ1v) is 8.12. The summed E-state index contributed by atoms with van der Waals surface area (Å²) in [4.78, 5) is 0. The highest BCUT2D eigenvalue weighted by molar-refractivity contribution is 6.31. The van der Waals surface area contributed by atoms with E-state index in [2.05, 4.69) is 56.4 Å². The van der Waals surface area contributed by atoms with Crippen molar-refractivity contribution in [3.05, 3.63) is 69.7 Å². The van der Waals surface area contributed by atoms with Gasteiger partial charge in [0.1, 0.15) is 0 Å². The van der Waals surface area contributed by atoms with Gasteiger partial charge in [0.05, 0.1) is 6.04 Å². The minimum atomic E-state index is 0.200. The minimum Gasteiger partial charge on any atom is -0.307 e. The van der Waals surface area contributed by atoms with E-state index in [1.807, 2.05) is 12.1 Å². The fraction of sp³-hybridized carbons (Fsp3) is 0.368. The molecule has 2 heteroatoms. The molecule has 2 rings (SSSR count). The predicted molar refractivity (Wildman–Crippen MR) is 92.1 cm³/mol. The Morgan fingerprint density at radius 2 is 1.86 bits per heavy atom. The van der Waals surface area contributed by atoms with Crippen LogP contribution in [0.1, 0.15) is 48.6 Å². The van der Waals surface area contributed by atoms with Gasteiger partial charge < -0.3 is 5.32 Å². The first-order chi connectivity index (χ1) is 10.2. The second-order valence-corrected chi connectivity index (χ2v) is 5.85. The highest BCUT2D eigenvalue weighted by atomic mass is 35.5. The number of rotatable bonds is 6. The second-order valence-electron chi connectivity index (χ2n) is 5.44. The molecule has 0 fully saturated rings. The molecule has 1 unspecified atom stereocenters. The van der Waals surface area contributed by atoms with Gasteiger partial charge in [0.15, 0.2) is 0 Å². The SMILES string of the molecule is CCCc1cccc(C(NCC)c2cccc(Cl)c2C)c1. The van der Waals surface area contributed by atoms with Crippen molar-refractivity contribution in [2.24, 2.45) is 0 Å². The number of aryl methyl sites for hydroxylation is 1. The Hall–Kier alpha value is -1.31. The Morgan fingerprint density at radius 1 is 1.10 bits per heavy atom. The van der Waals surface area contributed by atoms with Gasteiger partial charge >= 0.3 is 0 Å². The van der Waals surface area contributed by atoms with E-state index < -0.39 is 0 Å². The maximum atomic E-state index is 6.30. The summed E-state index contributed by atoms with van der Waals surface area (Å²) in [6.07, 6.45) is 2.30. The molecule has 0 saturated carbocycles. The van der Waals surface area contributed by atoms with Gasteiger partial charge in [-0.2, -0.15) is 0 Å². The average Bonchev–Trinajstić information content (AvgIpc) is 2.49. The maximum absolute atomic E-state index is 6.30. The minimum absolute atomic E-state index is 0.200. The van der Waals surface area contributed by atoms with Gasteiger partial charge in [0.2, 0.25) is 0 Å². The monoisotopic (exact) mass is 301 g/mol. The van der Waals surface area contributed by atoms with E-state index in [0.29, 0.717) is 0 Å². The quantitative estimate of drug-likeness (QED) is 0.763. The van der Waals surface area contributed by atoms with Crippen LogP contribution in [0.2, 0.25) is 5.02 Å². The highest BCUT2D eigenvalue weighted by Gasteiger charge is 2.16. The third-order valence-electron chi connectivity index (χ3n) is 3.85. The smallest absolute Gasteiger partial charge is 0.0579 e. The summed E-state index contributed by atoms with van der Waals surface area (Å²) in [5, 5.41) is 4.43. The summed E-state index contributed by atoms with van der Waals surface area (Å²) in [5.41, 5.74) is 5.13. The van der Waals surface area contributed by atoms with Gasteiger partial charge in [-0.15, -0.1) is 0 Å². The number of hydrogen-bond acceptors (Lipinski definition) is 1. The lowest BCUT2D eigenvalue weighted by molar-refractivity contribution is 0.627. The van der Waals surface area contributed by atoms with Gasteiger partial charge in [-0.25, -0.2) is 0 Å². The van der Waals surface area contributed by atoms with Crippen molar-refractivity contribution in [3.8, 4) is 0 Å². The van der Waals surface area contributed by atoms with Gasteiger partial charge in [-0.3, -0.25) is 0 Å². The third-order valence-corrected chi connectivity index (χ3v) is 4.26. The third kappa shape index (κ3) is 3.87. The molecule has 0 heterocycles. The van der Waals surface area contributed by atoms with Crippen LogP contribution in [0.4, 0.5) is 0 Å². The summed E-state index contributed by atoms with van der Waals surface area (Å²) in [7, 11) is 0. The van der Waals surface area contributed by atoms with Crippen molar-refractivity contribution in [2.75, 3.05) is 6.54 Å². The standard InChI is InChI=1S/C19H24ClN/c1-4-8-15-9-6-10-16(13-15)19(21-5-2)17-11-7-12-18(20)14(17)3/h6-7,9-13,19,21H,4-5,8H2,1-3H3. The molecule has 2 aromatic carbocycles. The summed E-state index contributed by atoms with van der Waals surface area (Å²) >= 11 is 6.30. The molecular weight excluding hydrogens is 278 g/mol. The molecule has 0 aliphatic carbocycles.